The number of hydrogen-bond acceptors (Lipinski definition) is 7. The van der Waals surface area contributed by atoms with Crippen LogP contribution in [0.2, 0.25) is 0 Å². The van der Waals surface area contributed by atoms with E-state index in [1.165, 1.54) is 18.3 Å². The van der Waals surface area contributed by atoms with E-state index in [2.05, 4.69) is 21.8 Å². The van der Waals surface area contributed by atoms with Crippen molar-refractivity contribution in [3.63, 3.8) is 0 Å². The van der Waals surface area contributed by atoms with Crippen LogP contribution in [0, 0.1) is 10.1 Å². The lowest BCUT2D eigenvalue weighted by Crippen LogP contribution is -1.99. The first-order valence-corrected chi connectivity index (χ1v) is 4.47. The van der Waals surface area contributed by atoms with Crippen LogP contribution in [0.3, 0.4) is 0 Å². The van der Waals surface area contributed by atoms with E-state index >= 15 is 0 Å². The van der Waals surface area contributed by atoms with E-state index in [9.17, 15) is 10.1 Å². The number of nitrogens with zero attached hydrogens (tertiary/aromatic N) is 4. The van der Waals surface area contributed by atoms with E-state index in [4.69, 9.17) is 10.2 Å². The molecule has 0 aliphatic rings. The summed E-state index contributed by atoms with van der Waals surface area (Å²) in [6.45, 7) is 3.70. The largest absolute Gasteiger partial charge is 0.433 e. The molecule has 0 radical (unpaired) electrons. The number of anilines is 1. The molecular weight excluding hydrogens is 262 g/mol. The number of nitrogen functional groups attached to an aromatic ring is 1. The summed E-state index contributed by atoms with van der Waals surface area (Å²) < 4.78 is 4.97. The molecule has 2 aromatic heterocycles. The molecule has 2 N–H and O–H groups in total. The van der Waals surface area contributed by atoms with Crippen molar-refractivity contribution in [3.05, 3.63) is 46.5 Å². The molecule has 2 heterocycles. The van der Waals surface area contributed by atoms with Crippen LogP contribution in [0.1, 0.15) is 11.5 Å². The van der Waals surface area contributed by atoms with E-state index in [1.54, 1.807) is 0 Å². The van der Waals surface area contributed by atoms with Crippen LogP contribution >= 0.6 is 12.4 Å². The molecule has 0 aliphatic carbocycles. The lowest BCUT2D eigenvalue weighted by molar-refractivity contribution is -0.402. The van der Waals surface area contributed by atoms with Crippen LogP contribution in [-0.2, 0) is 0 Å². The first kappa shape index (κ1) is 13.6. The van der Waals surface area contributed by atoms with Crippen molar-refractivity contribution in [2.24, 2.45) is 0 Å². The van der Waals surface area contributed by atoms with Gasteiger partial charge >= 0.3 is 5.88 Å². The quantitative estimate of drug-likeness (QED) is 0.661. The molecule has 18 heavy (non-hydrogen) atoms. The van der Waals surface area contributed by atoms with Crippen molar-refractivity contribution in [1.82, 2.24) is 15.2 Å². The summed E-state index contributed by atoms with van der Waals surface area (Å²) in [5, 5.41) is 17.7. The van der Waals surface area contributed by atoms with Crippen LogP contribution in [0.5, 0.6) is 0 Å². The number of rotatable bonds is 3. The third kappa shape index (κ3) is 2.61. The summed E-state index contributed by atoms with van der Waals surface area (Å²) in [5.41, 5.74) is 5.96. The Morgan fingerprint density at radius 1 is 1.44 bits per heavy atom. The van der Waals surface area contributed by atoms with Crippen molar-refractivity contribution in [2.45, 2.75) is 0 Å². The summed E-state index contributed by atoms with van der Waals surface area (Å²) in [5.74, 6) is -0.0953. The number of hydrogen-bond donors (Lipinski definition) is 1. The first-order chi connectivity index (χ1) is 8.08. The molecule has 0 atom stereocenters. The minimum absolute atomic E-state index is 0. The van der Waals surface area contributed by atoms with Gasteiger partial charge in [-0.2, -0.15) is 0 Å². The second kappa shape index (κ2) is 5.23. The van der Waals surface area contributed by atoms with Crippen LogP contribution in [0.4, 0.5) is 11.8 Å². The van der Waals surface area contributed by atoms with Crippen LogP contribution in [-0.4, -0.2) is 20.1 Å². The van der Waals surface area contributed by atoms with Crippen molar-refractivity contribution >= 4 is 29.8 Å². The Balaban J connectivity index is 0.00000162. The highest BCUT2D eigenvalue weighted by atomic mass is 35.5. The fourth-order valence-corrected chi connectivity index (χ4v) is 1.14. The molecule has 9 heteroatoms. The van der Waals surface area contributed by atoms with Gasteiger partial charge in [0.05, 0.1) is 12.3 Å². The highest BCUT2D eigenvalue weighted by molar-refractivity contribution is 5.85. The standard InChI is InChI=1S/C9H7N5O3.ClH/c1-5(6-4-11-9(10)13-12-6)7-2-3-8(17-7)14(15)16;/h2-4H,1H2,(H2,10,11,13);1H. The third-order valence-corrected chi connectivity index (χ3v) is 1.96. The van der Waals surface area contributed by atoms with Gasteiger partial charge in [0, 0.05) is 5.57 Å². The van der Waals surface area contributed by atoms with Crippen molar-refractivity contribution in [3.8, 4) is 0 Å². The van der Waals surface area contributed by atoms with E-state index in [-0.39, 0.29) is 30.0 Å². The predicted octanol–water partition coefficient (Wildman–Crippen LogP) is 1.44. The lowest BCUT2D eigenvalue weighted by Gasteiger charge is -1.99. The Bertz CT molecular complexity index is 580. The number of halogens is 1. The second-order valence-corrected chi connectivity index (χ2v) is 3.08. The molecule has 0 saturated carbocycles. The van der Waals surface area contributed by atoms with E-state index < -0.39 is 4.92 Å². The topological polar surface area (TPSA) is 121 Å². The Kier molecular flexibility index (Phi) is 3.95. The molecule has 8 nitrogen and oxygen atoms in total. The van der Waals surface area contributed by atoms with E-state index in [0.717, 1.165) is 0 Å². The molecule has 0 spiro atoms. The van der Waals surface area contributed by atoms with Gasteiger partial charge in [-0.15, -0.1) is 22.6 Å². The second-order valence-electron chi connectivity index (χ2n) is 3.08. The predicted molar refractivity (Wildman–Crippen MR) is 65.0 cm³/mol. The van der Waals surface area contributed by atoms with Gasteiger partial charge in [0.15, 0.2) is 0 Å². The Labute approximate surface area is 107 Å². The van der Waals surface area contributed by atoms with Crippen LogP contribution < -0.4 is 5.73 Å². The van der Waals surface area contributed by atoms with Crippen LogP contribution in [0.15, 0.2) is 29.3 Å². The minimum atomic E-state index is -0.635. The molecule has 94 valence electrons. The van der Waals surface area contributed by atoms with Gasteiger partial charge in [0.25, 0.3) is 0 Å². The summed E-state index contributed by atoms with van der Waals surface area (Å²) in [6.07, 6.45) is 1.36. The molecule has 0 aliphatic heterocycles. The van der Waals surface area contributed by atoms with Gasteiger partial charge < -0.3 is 10.2 Å². The molecule has 0 saturated heterocycles. The molecular formula is C9H8ClN5O3. The van der Waals surface area contributed by atoms with Gasteiger partial charge in [-0.1, -0.05) is 6.58 Å². The average Bonchev–Trinajstić information content (AvgIpc) is 2.78. The first-order valence-electron chi connectivity index (χ1n) is 4.47. The van der Waals surface area contributed by atoms with Crippen LogP contribution in [0.25, 0.3) is 5.57 Å². The fourth-order valence-electron chi connectivity index (χ4n) is 1.14. The van der Waals surface area contributed by atoms with Crippen molar-refractivity contribution in [2.75, 3.05) is 5.73 Å². The van der Waals surface area contributed by atoms with E-state index in [1.807, 2.05) is 0 Å². The summed E-state index contributed by atoms with van der Waals surface area (Å²) in [6, 6.07) is 2.66. The highest BCUT2D eigenvalue weighted by Gasteiger charge is 2.15. The summed E-state index contributed by atoms with van der Waals surface area (Å²) in [4.78, 5) is 13.5. The lowest BCUT2D eigenvalue weighted by atomic mass is 10.2. The molecule has 0 amide bonds. The van der Waals surface area contributed by atoms with Crippen molar-refractivity contribution < 1.29 is 9.34 Å². The zero-order valence-corrected chi connectivity index (χ0v) is 9.75. The highest BCUT2D eigenvalue weighted by Crippen LogP contribution is 2.24. The molecule has 0 fully saturated rings. The zero-order valence-electron chi connectivity index (χ0n) is 8.94. The number of nitrogens with two attached hydrogens (primary N) is 1. The van der Waals surface area contributed by atoms with Gasteiger partial charge in [-0.3, -0.25) is 10.1 Å². The fraction of sp³-hybridized carbons (Fsp3) is 0. The Morgan fingerprint density at radius 2 is 2.17 bits per heavy atom. The maximum absolute atomic E-state index is 10.4. The smallest absolute Gasteiger partial charge is 0.401 e. The van der Waals surface area contributed by atoms with Gasteiger partial charge in [-0.05, 0) is 6.07 Å². The average molecular weight is 270 g/mol. The normalized spacial score (nSPS) is 9.56. The molecule has 0 bridgehead atoms. The zero-order chi connectivity index (χ0) is 12.4. The maximum atomic E-state index is 10.4. The molecule has 2 aromatic rings. The third-order valence-electron chi connectivity index (χ3n) is 1.96. The number of aromatic nitrogens is 3. The van der Waals surface area contributed by atoms with Gasteiger partial charge in [0.1, 0.15) is 16.4 Å². The minimum Gasteiger partial charge on any atom is -0.401 e. The van der Waals surface area contributed by atoms with E-state index in [0.29, 0.717) is 11.3 Å². The van der Waals surface area contributed by atoms with Gasteiger partial charge in [-0.25, -0.2) is 4.98 Å². The summed E-state index contributed by atoms with van der Waals surface area (Å²) in [7, 11) is 0. The Hall–Kier alpha value is -2.48. The summed E-state index contributed by atoms with van der Waals surface area (Å²) >= 11 is 0. The molecule has 0 unspecified atom stereocenters. The number of furan rings is 1. The molecule has 0 aromatic carbocycles. The monoisotopic (exact) mass is 269 g/mol. The Morgan fingerprint density at radius 3 is 2.67 bits per heavy atom. The van der Waals surface area contributed by atoms with Crippen molar-refractivity contribution in [1.29, 1.82) is 0 Å². The molecule has 2 rings (SSSR count). The SMILES string of the molecule is C=C(c1cnc(N)nn1)c1ccc([N+](=O)[O-])o1.Cl. The maximum Gasteiger partial charge on any atom is 0.433 e. The van der Waals surface area contributed by atoms with Gasteiger partial charge in [0.2, 0.25) is 5.95 Å². The number of nitro groups is 1.